The number of hydrogen-bond donors (Lipinski definition) is 1. The first-order valence-electron chi connectivity index (χ1n) is 5.41. The minimum Gasteiger partial charge on any atom is -0.389 e. The summed E-state index contributed by atoms with van der Waals surface area (Å²) in [7, 11) is 2.12. The van der Waals surface area contributed by atoms with Gasteiger partial charge in [-0.25, -0.2) is 0 Å². The van der Waals surface area contributed by atoms with Gasteiger partial charge in [0.25, 0.3) is 0 Å². The molecule has 2 rings (SSSR count). The third kappa shape index (κ3) is 1.50. The first-order valence-corrected chi connectivity index (χ1v) is 5.41. The third-order valence-electron chi connectivity index (χ3n) is 4.09. The highest BCUT2D eigenvalue weighted by atomic mass is 16.3. The molecule has 1 aliphatic heterocycles. The molecule has 0 aromatic rings. The van der Waals surface area contributed by atoms with Crippen molar-refractivity contribution in [3.63, 3.8) is 0 Å². The lowest BCUT2D eigenvalue weighted by Crippen LogP contribution is -2.54. The highest BCUT2D eigenvalue weighted by molar-refractivity contribution is 4.99. The van der Waals surface area contributed by atoms with Gasteiger partial charge in [-0.1, -0.05) is 13.3 Å². The summed E-state index contributed by atoms with van der Waals surface area (Å²) >= 11 is 0. The second kappa shape index (κ2) is 2.96. The average molecular weight is 183 g/mol. The van der Waals surface area contributed by atoms with Crippen LogP contribution >= 0.6 is 0 Å². The Kier molecular flexibility index (Phi) is 2.16. The van der Waals surface area contributed by atoms with Crippen molar-refractivity contribution in [1.29, 1.82) is 0 Å². The second-order valence-corrected chi connectivity index (χ2v) is 5.38. The van der Waals surface area contributed by atoms with Crippen LogP contribution in [-0.2, 0) is 0 Å². The fourth-order valence-electron chi connectivity index (χ4n) is 3.43. The molecule has 1 N–H and O–H groups in total. The number of likely N-dealkylation sites (tertiary alicyclic amines) is 1. The number of β-amino-alcohol motifs (C(OH)–C–C–N with tert-alkyl or cyclic N) is 1. The molecule has 2 heteroatoms. The highest BCUT2D eigenvalue weighted by Crippen LogP contribution is 2.45. The van der Waals surface area contributed by atoms with Crippen molar-refractivity contribution in [2.24, 2.45) is 17.8 Å². The fraction of sp³-hybridized carbons (Fsp3) is 1.00. The SMILES string of the molecule is CC1CCC2C1CN(C)CC2(C)O. The molecule has 1 saturated heterocycles. The van der Waals surface area contributed by atoms with Gasteiger partial charge >= 0.3 is 0 Å². The lowest BCUT2D eigenvalue weighted by Gasteiger charge is -2.44. The second-order valence-electron chi connectivity index (χ2n) is 5.38. The summed E-state index contributed by atoms with van der Waals surface area (Å²) in [5, 5.41) is 10.3. The van der Waals surface area contributed by atoms with Gasteiger partial charge in [-0.2, -0.15) is 0 Å². The van der Waals surface area contributed by atoms with E-state index < -0.39 is 5.60 Å². The largest absolute Gasteiger partial charge is 0.389 e. The van der Waals surface area contributed by atoms with E-state index in [2.05, 4.69) is 18.9 Å². The first-order chi connectivity index (χ1) is 6.00. The Morgan fingerprint density at radius 3 is 2.77 bits per heavy atom. The molecule has 4 unspecified atom stereocenters. The molecule has 0 radical (unpaired) electrons. The summed E-state index contributed by atoms with van der Waals surface area (Å²) in [6.07, 6.45) is 2.53. The average Bonchev–Trinajstić information content (AvgIpc) is 2.31. The van der Waals surface area contributed by atoms with E-state index in [1.807, 2.05) is 6.92 Å². The van der Waals surface area contributed by atoms with E-state index in [-0.39, 0.29) is 0 Å². The summed E-state index contributed by atoms with van der Waals surface area (Å²) in [6.45, 7) is 6.38. The van der Waals surface area contributed by atoms with Crippen molar-refractivity contribution < 1.29 is 5.11 Å². The van der Waals surface area contributed by atoms with E-state index in [1.165, 1.54) is 19.4 Å². The molecule has 0 aromatic heterocycles. The van der Waals surface area contributed by atoms with Gasteiger partial charge in [-0.05, 0) is 38.1 Å². The topological polar surface area (TPSA) is 23.5 Å². The van der Waals surface area contributed by atoms with Crippen LogP contribution in [0, 0.1) is 17.8 Å². The lowest BCUT2D eigenvalue weighted by molar-refractivity contribution is -0.0794. The van der Waals surface area contributed by atoms with Gasteiger partial charge in [0.05, 0.1) is 5.60 Å². The van der Waals surface area contributed by atoms with Crippen LogP contribution in [0.5, 0.6) is 0 Å². The van der Waals surface area contributed by atoms with Crippen LogP contribution in [0.1, 0.15) is 26.7 Å². The van der Waals surface area contributed by atoms with Crippen molar-refractivity contribution in [3.05, 3.63) is 0 Å². The van der Waals surface area contributed by atoms with E-state index in [0.717, 1.165) is 18.4 Å². The molecule has 13 heavy (non-hydrogen) atoms. The predicted molar refractivity (Wildman–Crippen MR) is 53.5 cm³/mol. The van der Waals surface area contributed by atoms with Crippen LogP contribution in [0.25, 0.3) is 0 Å². The molecule has 1 saturated carbocycles. The minimum atomic E-state index is -0.442. The van der Waals surface area contributed by atoms with Gasteiger partial charge in [-0.3, -0.25) is 0 Å². The maximum absolute atomic E-state index is 10.3. The Morgan fingerprint density at radius 2 is 2.08 bits per heavy atom. The quantitative estimate of drug-likeness (QED) is 0.612. The maximum Gasteiger partial charge on any atom is 0.0777 e. The zero-order valence-corrected chi connectivity index (χ0v) is 8.95. The zero-order chi connectivity index (χ0) is 9.64. The summed E-state index contributed by atoms with van der Waals surface area (Å²) in [6, 6.07) is 0. The number of aliphatic hydroxyl groups is 1. The molecule has 2 nitrogen and oxygen atoms in total. The molecule has 0 spiro atoms. The molecule has 0 aromatic carbocycles. The molecule has 2 aliphatic rings. The number of hydrogen-bond acceptors (Lipinski definition) is 2. The molecule has 0 amide bonds. The van der Waals surface area contributed by atoms with Crippen molar-refractivity contribution in [3.8, 4) is 0 Å². The van der Waals surface area contributed by atoms with E-state index in [0.29, 0.717) is 5.92 Å². The van der Waals surface area contributed by atoms with Gasteiger partial charge in [-0.15, -0.1) is 0 Å². The van der Waals surface area contributed by atoms with Crippen LogP contribution in [-0.4, -0.2) is 35.7 Å². The monoisotopic (exact) mass is 183 g/mol. The normalized spacial score (nSPS) is 52.2. The van der Waals surface area contributed by atoms with Crippen LogP contribution in [0.15, 0.2) is 0 Å². The molecule has 2 fully saturated rings. The fourth-order valence-corrected chi connectivity index (χ4v) is 3.43. The summed E-state index contributed by atoms with van der Waals surface area (Å²) in [4.78, 5) is 2.28. The predicted octanol–water partition coefficient (Wildman–Crippen LogP) is 1.35. The Morgan fingerprint density at radius 1 is 1.38 bits per heavy atom. The zero-order valence-electron chi connectivity index (χ0n) is 8.95. The third-order valence-corrected chi connectivity index (χ3v) is 4.09. The minimum absolute atomic E-state index is 0.442. The van der Waals surface area contributed by atoms with Gasteiger partial charge in [0, 0.05) is 13.1 Å². The van der Waals surface area contributed by atoms with Crippen LogP contribution in [0.2, 0.25) is 0 Å². The molecule has 0 bridgehead atoms. The molecular formula is C11H21NO. The summed E-state index contributed by atoms with van der Waals surface area (Å²) < 4.78 is 0. The van der Waals surface area contributed by atoms with E-state index in [4.69, 9.17) is 0 Å². The van der Waals surface area contributed by atoms with Crippen molar-refractivity contribution in [2.45, 2.75) is 32.3 Å². The first kappa shape index (κ1) is 9.47. The van der Waals surface area contributed by atoms with Crippen LogP contribution in [0.3, 0.4) is 0 Å². The number of likely N-dealkylation sites (N-methyl/N-ethyl adjacent to an activating group) is 1. The number of piperidine rings is 1. The van der Waals surface area contributed by atoms with E-state index >= 15 is 0 Å². The number of rotatable bonds is 0. The Labute approximate surface area is 80.9 Å². The summed E-state index contributed by atoms with van der Waals surface area (Å²) in [5.74, 6) is 2.09. The van der Waals surface area contributed by atoms with Crippen LogP contribution in [0.4, 0.5) is 0 Å². The smallest absolute Gasteiger partial charge is 0.0777 e. The van der Waals surface area contributed by atoms with Gasteiger partial charge in [0.1, 0.15) is 0 Å². The molecule has 4 atom stereocenters. The number of nitrogens with zero attached hydrogens (tertiary/aromatic N) is 1. The Balaban J connectivity index is 2.18. The maximum atomic E-state index is 10.3. The van der Waals surface area contributed by atoms with Gasteiger partial charge in [0.15, 0.2) is 0 Å². The Bertz CT molecular complexity index is 202. The molecular weight excluding hydrogens is 162 g/mol. The summed E-state index contributed by atoms with van der Waals surface area (Å²) in [5.41, 5.74) is -0.442. The standard InChI is InChI=1S/C11H21NO/c1-8-4-5-10-9(8)6-12(3)7-11(10,2)13/h8-10,13H,4-7H2,1-3H3. The van der Waals surface area contributed by atoms with Crippen molar-refractivity contribution in [1.82, 2.24) is 4.90 Å². The van der Waals surface area contributed by atoms with Crippen molar-refractivity contribution in [2.75, 3.05) is 20.1 Å². The number of fused-ring (bicyclic) bond motifs is 1. The molecule has 1 aliphatic carbocycles. The van der Waals surface area contributed by atoms with E-state index in [1.54, 1.807) is 0 Å². The molecule has 76 valence electrons. The van der Waals surface area contributed by atoms with Crippen LogP contribution < -0.4 is 0 Å². The Hall–Kier alpha value is -0.0800. The lowest BCUT2D eigenvalue weighted by atomic mass is 9.75. The molecule has 1 heterocycles. The van der Waals surface area contributed by atoms with Gasteiger partial charge < -0.3 is 10.0 Å². The van der Waals surface area contributed by atoms with E-state index in [9.17, 15) is 5.11 Å². The van der Waals surface area contributed by atoms with Gasteiger partial charge in [0.2, 0.25) is 0 Å². The highest BCUT2D eigenvalue weighted by Gasteiger charge is 2.47. The van der Waals surface area contributed by atoms with Crippen molar-refractivity contribution >= 4 is 0 Å².